The van der Waals surface area contributed by atoms with E-state index in [4.69, 9.17) is 5.11 Å². The number of rotatable bonds is 6. The van der Waals surface area contributed by atoms with Gasteiger partial charge >= 0.3 is 0 Å². The third-order valence-electron chi connectivity index (χ3n) is 2.87. The molecule has 0 saturated heterocycles. The van der Waals surface area contributed by atoms with Gasteiger partial charge in [-0.05, 0) is 25.7 Å². The van der Waals surface area contributed by atoms with Crippen LogP contribution in [0.15, 0.2) is 12.4 Å². The van der Waals surface area contributed by atoms with E-state index in [1.165, 1.54) is 6.33 Å². The predicted molar refractivity (Wildman–Crippen MR) is 69.5 cm³/mol. The highest BCUT2D eigenvalue weighted by Gasteiger charge is 2.05. The molecule has 2 heterocycles. The van der Waals surface area contributed by atoms with Crippen molar-refractivity contribution in [3.05, 3.63) is 18.1 Å². The van der Waals surface area contributed by atoms with Crippen LogP contribution in [0.25, 0.3) is 5.78 Å². The standard InChI is InChI=1S/C12H19N5O/c1-9(7-18)4-3-5-13-11-6-10(2)16-12-14-8-15-17(11)12/h6,8-9,13,18H,3-5,7H2,1-2H3. The second-order valence-corrected chi connectivity index (χ2v) is 4.61. The van der Waals surface area contributed by atoms with E-state index < -0.39 is 0 Å². The molecule has 0 bridgehead atoms. The summed E-state index contributed by atoms with van der Waals surface area (Å²) in [5, 5.41) is 16.4. The number of aryl methyl sites for hydroxylation is 1. The second kappa shape index (κ2) is 5.77. The van der Waals surface area contributed by atoms with E-state index in [9.17, 15) is 0 Å². The SMILES string of the molecule is Cc1cc(NCCCC(C)CO)n2ncnc2n1. The number of aliphatic hydroxyl groups excluding tert-OH is 1. The van der Waals surface area contributed by atoms with E-state index in [1.54, 1.807) is 4.52 Å². The maximum absolute atomic E-state index is 8.95. The first-order chi connectivity index (χ1) is 8.70. The predicted octanol–water partition coefficient (Wildman–Crippen LogP) is 1.25. The van der Waals surface area contributed by atoms with Gasteiger partial charge in [0.15, 0.2) is 0 Å². The van der Waals surface area contributed by atoms with Crippen LogP contribution >= 0.6 is 0 Å². The van der Waals surface area contributed by atoms with Crippen molar-refractivity contribution in [2.24, 2.45) is 5.92 Å². The zero-order valence-electron chi connectivity index (χ0n) is 10.8. The smallest absolute Gasteiger partial charge is 0.254 e. The molecule has 2 N–H and O–H groups in total. The molecule has 0 fully saturated rings. The van der Waals surface area contributed by atoms with Gasteiger partial charge in [-0.15, -0.1) is 0 Å². The molecule has 6 heteroatoms. The van der Waals surface area contributed by atoms with Crippen molar-refractivity contribution < 1.29 is 5.11 Å². The number of nitrogens with zero attached hydrogens (tertiary/aromatic N) is 4. The molecule has 2 aromatic heterocycles. The fraction of sp³-hybridized carbons (Fsp3) is 0.583. The Bertz CT molecular complexity index is 510. The fourth-order valence-electron chi connectivity index (χ4n) is 1.81. The highest BCUT2D eigenvalue weighted by atomic mass is 16.3. The quantitative estimate of drug-likeness (QED) is 0.754. The van der Waals surface area contributed by atoms with E-state index >= 15 is 0 Å². The van der Waals surface area contributed by atoms with Crippen LogP contribution in [-0.2, 0) is 0 Å². The molecule has 0 aliphatic carbocycles. The highest BCUT2D eigenvalue weighted by Crippen LogP contribution is 2.11. The Kier molecular flexibility index (Phi) is 4.09. The Morgan fingerprint density at radius 3 is 3.11 bits per heavy atom. The third kappa shape index (κ3) is 2.95. The van der Waals surface area contributed by atoms with Crippen LogP contribution in [0.4, 0.5) is 5.82 Å². The van der Waals surface area contributed by atoms with Gasteiger partial charge in [-0.2, -0.15) is 14.6 Å². The summed E-state index contributed by atoms with van der Waals surface area (Å²) in [6.07, 6.45) is 3.52. The van der Waals surface area contributed by atoms with Crippen molar-refractivity contribution in [3.63, 3.8) is 0 Å². The largest absolute Gasteiger partial charge is 0.396 e. The lowest BCUT2D eigenvalue weighted by molar-refractivity contribution is 0.229. The van der Waals surface area contributed by atoms with Crippen molar-refractivity contribution in [1.29, 1.82) is 0 Å². The van der Waals surface area contributed by atoms with Gasteiger partial charge in [0.25, 0.3) is 5.78 Å². The van der Waals surface area contributed by atoms with Gasteiger partial charge in [-0.1, -0.05) is 6.92 Å². The minimum Gasteiger partial charge on any atom is -0.396 e. The Labute approximate surface area is 106 Å². The molecule has 6 nitrogen and oxygen atoms in total. The molecule has 2 aromatic rings. The van der Waals surface area contributed by atoms with Crippen molar-refractivity contribution in [1.82, 2.24) is 19.6 Å². The van der Waals surface area contributed by atoms with Gasteiger partial charge in [0.2, 0.25) is 0 Å². The summed E-state index contributed by atoms with van der Waals surface area (Å²) in [6, 6.07) is 1.96. The normalized spacial score (nSPS) is 12.8. The highest BCUT2D eigenvalue weighted by molar-refractivity contribution is 5.44. The Morgan fingerprint density at radius 2 is 2.33 bits per heavy atom. The first-order valence-corrected chi connectivity index (χ1v) is 6.23. The molecule has 0 radical (unpaired) electrons. The molecule has 1 unspecified atom stereocenters. The lowest BCUT2D eigenvalue weighted by Gasteiger charge is -2.10. The van der Waals surface area contributed by atoms with Crippen LogP contribution in [0.1, 0.15) is 25.5 Å². The molecule has 98 valence electrons. The number of aliphatic hydroxyl groups is 1. The lowest BCUT2D eigenvalue weighted by Crippen LogP contribution is -2.10. The van der Waals surface area contributed by atoms with E-state index in [0.29, 0.717) is 11.7 Å². The van der Waals surface area contributed by atoms with E-state index in [2.05, 4.69) is 20.4 Å². The van der Waals surface area contributed by atoms with Crippen molar-refractivity contribution in [3.8, 4) is 0 Å². The first kappa shape index (κ1) is 12.8. The zero-order chi connectivity index (χ0) is 13.0. The number of hydrogen-bond donors (Lipinski definition) is 2. The van der Waals surface area contributed by atoms with Gasteiger partial charge in [-0.3, -0.25) is 0 Å². The summed E-state index contributed by atoms with van der Waals surface area (Å²) < 4.78 is 1.70. The third-order valence-corrected chi connectivity index (χ3v) is 2.87. The molecule has 0 aliphatic heterocycles. The van der Waals surface area contributed by atoms with Crippen LogP contribution in [0.3, 0.4) is 0 Å². The number of anilines is 1. The molecule has 0 aliphatic rings. The summed E-state index contributed by atoms with van der Waals surface area (Å²) in [4.78, 5) is 8.36. The summed E-state index contributed by atoms with van der Waals surface area (Å²) >= 11 is 0. The Hall–Kier alpha value is -1.69. The van der Waals surface area contributed by atoms with E-state index in [1.807, 2.05) is 19.9 Å². The van der Waals surface area contributed by atoms with Crippen LogP contribution in [0.5, 0.6) is 0 Å². The molecule has 2 rings (SSSR count). The van der Waals surface area contributed by atoms with Crippen LogP contribution in [0.2, 0.25) is 0 Å². The van der Waals surface area contributed by atoms with E-state index in [-0.39, 0.29) is 6.61 Å². The summed E-state index contributed by atoms with van der Waals surface area (Å²) in [7, 11) is 0. The van der Waals surface area contributed by atoms with E-state index in [0.717, 1.165) is 30.9 Å². The van der Waals surface area contributed by atoms with Crippen LogP contribution in [-0.4, -0.2) is 37.8 Å². The topological polar surface area (TPSA) is 75.3 Å². The minimum atomic E-state index is 0.252. The fourth-order valence-corrected chi connectivity index (χ4v) is 1.81. The van der Waals surface area contributed by atoms with Crippen molar-refractivity contribution >= 4 is 11.6 Å². The maximum Gasteiger partial charge on any atom is 0.254 e. The molecular weight excluding hydrogens is 230 g/mol. The molecule has 0 saturated carbocycles. The minimum absolute atomic E-state index is 0.252. The van der Waals surface area contributed by atoms with Gasteiger partial charge in [0.1, 0.15) is 12.1 Å². The Balaban J connectivity index is 1.97. The number of aromatic nitrogens is 4. The maximum atomic E-state index is 8.95. The molecule has 18 heavy (non-hydrogen) atoms. The molecular formula is C12H19N5O. The number of fused-ring (bicyclic) bond motifs is 1. The Morgan fingerprint density at radius 1 is 1.50 bits per heavy atom. The average molecular weight is 249 g/mol. The van der Waals surface area contributed by atoms with Crippen LogP contribution in [0, 0.1) is 12.8 Å². The summed E-state index contributed by atoms with van der Waals surface area (Å²) in [6.45, 7) is 5.09. The molecule has 1 atom stereocenters. The van der Waals surface area contributed by atoms with Gasteiger partial charge in [-0.25, -0.2) is 4.98 Å². The molecule has 0 aromatic carbocycles. The number of hydrogen-bond acceptors (Lipinski definition) is 5. The van der Waals surface area contributed by atoms with Gasteiger partial charge in [0, 0.05) is 24.9 Å². The van der Waals surface area contributed by atoms with Gasteiger partial charge in [0.05, 0.1) is 0 Å². The monoisotopic (exact) mass is 249 g/mol. The average Bonchev–Trinajstić information content (AvgIpc) is 2.81. The first-order valence-electron chi connectivity index (χ1n) is 6.23. The zero-order valence-corrected chi connectivity index (χ0v) is 10.8. The van der Waals surface area contributed by atoms with Crippen LogP contribution < -0.4 is 5.32 Å². The molecule has 0 spiro atoms. The van der Waals surface area contributed by atoms with Crippen molar-refractivity contribution in [2.75, 3.05) is 18.5 Å². The molecule has 0 amide bonds. The van der Waals surface area contributed by atoms with Gasteiger partial charge < -0.3 is 10.4 Å². The summed E-state index contributed by atoms with van der Waals surface area (Å²) in [5.41, 5.74) is 0.918. The second-order valence-electron chi connectivity index (χ2n) is 4.61. The lowest BCUT2D eigenvalue weighted by atomic mass is 10.1. The van der Waals surface area contributed by atoms with Crippen molar-refractivity contribution in [2.45, 2.75) is 26.7 Å². The number of nitrogens with one attached hydrogen (secondary N) is 1. The summed E-state index contributed by atoms with van der Waals surface area (Å²) in [5.74, 6) is 1.88.